The van der Waals surface area contributed by atoms with Gasteiger partial charge in [0.15, 0.2) is 0 Å². The van der Waals surface area contributed by atoms with Crippen LogP contribution in [0.25, 0.3) is 0 Å². The molecule has 1 atom stereocenters. The molecule has 3 aromatic rings. The van der Waals surface area contributed by atoms with Gasteiger partial charge in [0.05, 0.1) is 35.4 Å². The average Bonchev–Trinajstić information content (AvgIpc) is 3.55. The molecule has 6 aliphatic rings. The third kappa shape index (κ3) is 9.39. The highest BCUT2D eigenvalue weighted by Gasteiger charge is 2.46. The highest BCUT2D eigenvalue weighted by molar-refractivity contribution is 6.25. The van der Waals surface area contributed by atoms with E-state index in [9.17, 15) is 28.8 Å². The average molecular weight is 910 g/mol. The number of carbonyl (C=O) groups excluding carboxylic acids is 6. The Labute approximate surface area is 382 Å². The van der Waals surface area contributed by atoms with Crippen LogP contribution in [0.15, 0.2) is 42.7 Å². The number of piperazine rings is 1. The Kier molecular flexibility index (Phi) is 12.4. The van der Waals surface area contributed by atoms with Crippen LogP contribution in [0.4, 0.5) is 31.8 Å². The van der Waals surface area contributed by atoms with Crippen LogP contribution in [0.2, 0.25) is 0 Å². The van der Waals surface area contributed by atoms with E-state index in [2.05, 4.69) is 54.9 Å². The number of imide groups is 2. The standard InChI is InChI=1S/C47H57F2N11O6/c1-46(2)10-16-56(17-11-46)25-30-20-33(49)36(21-32(30)48)59-26-40(62)55-47(27-59)12-18-57(19-13-47)38-22-37(52-28-53-38)51-23-29-8-14-58(15-9-29)41(63)24-50-34-5-3-4-31-42(34)45(66)60(44(31)65)35-6-7-39(61)54-43(35)64/h3-5,20-22,28-29,35,50H,6-19,23-27H2,1-2H3,(H,55,62)(H,51,52,53)(H,54,61,64). The van der Waals surface area contributed by atoms with E-state index in [4.69, 9.17) is 0 Å². The van der Waals surface area contributed by atoms with E-state index in [0.717, 1.165) is 49.5 Å². The molecular formula is C47H57F2N11O6. The van der Waals surface area contributed by atoms with Gasteiger partial charge in [0, 0.05) is 75.6 Å². The molecule has 0 bridgehead atoms. The molecule has 0 radical (unpaired) electrons. The molecule has 0 aliphatic carbocycles. The van der Waals surface area contributed by atoms with Crippen molar-refractivity contribution in [1.29, 1.82) is 0 Å². The van der Waals surface area contributed by atoms with Crippen molar-refractivity contribution < 1.29 is 37.5 Å². The van der Waals surface area contributed by atoms with Crippen LogP contribution in [0.5, 0.6) is 0 Å². The first-order valence-corrected chi connectivity index (χ1v) is 23.1. The SMILES string of the molecule is CC1(C)CCN(Cc2cc(F)c(N3CC(=O)NC4(CCN(c5cc(NCC6CCN(C(=O)CNc7cccc8c7C(=O)N(C7CCC(=O)NC7=O)C8=O)CC6)ncn5)CC4)C3)cc2F)CC1. The van der Waals surface area contributed by atoms with Crippen LogP contribution in [0.3, 0.4) is 0 Å². The summed E-state index contributed by atoms with van der Waals surface area (Å²) >= 11 is 0. The molecule has 1 spiro atoms. The lowest BCUT2D eigenvalue weighted by Crippen LogP contribution is -2.66. The maximum atomic E-state index is 15.7. The lowest BCUT2D eigenvalue weighted by Gasteiger charge is -2.48. The van der Waals surface area contributed by atoms with Gasteiger partial charge in [-0.05, 0) is 87.6 Å². The van der Waals surface area contributed by atoms with E-state index < -0.39 is 46.8 Å². The molecule has 350 valence electrons. The zero-order valence-corrected chi connectivity index (χ0v) is 37.5. The number of amides is 6. The molecule has 1 aromatic heterocycles. The molecule has 2 aromatic carbocycles. The van der Waals surface area contributed by atoms with Gasteiger partial charge >= 0.3 is 0 Å². The maximum absolute atomic E-state index is 15.7. The third-order valence-corrected chi connectivity index (χ3v) is 14.4. The van der Waals surface area contributed by atoms with Gasteiger partial charge in [0.1, 0.15) is 35.6 Å². The van der Waals surface area contributed by atoms with Crippen molar-refractivity contribution in [2.75, 3.05) is 85.9 Å². The van der Waals surface area contributed by atoms with Crippen LogP contribution in [-0.2, 0) is 25.7 Å². The highest BCUT2D eigenvalue weighted by atomic mass is 19.1. The zero-order valence-electron chi connectivity index (χ0n) is 37.5. The number of rotatable bonds is 11. The van der Waals surface area contributed by atoms with Crippen molar-refractivity contribution in [2.24, 2.45) is 11.3 Å². The predicted octanol–water partition coefficient (Wildman–Crippen LogP) is 3.52. The Morgan fingerprint density at radius 3 is 2.33 bits per heavy atom. The second kappa shape index (κ2) is 18.2. The molecule has 1 unspecified atom stereocenters. The third-order valence-electron chi connectivity index (χ3n) is 14.4. The molecule has 5 fully saturated rings. The summed E-state index contributed by atoms with van der Waals surface area (Å²) < 4.78 is 31.2. The number of anilines is 4. The van der Waals surface area contributed by atoms with Crippen LogP contribution in [0.1, 0.15) is 91.5 Å². The van der Waals surface area contributed by atoms with Gasteiger partial charge in [-0.15, -0.1) is 0 Å². The van der Waals surface area contributed by atoms with E-state index in [0.29, 0.717) is 75.7 Å². The van der Waals surface area contributed by atoms with Gasteiger partial charge < -0.3 is 30.7 Å². The zero-order chi connectivity index (χ0) is 46.3. The molecule has 4 N–H and O–H groups in total. The Bertz CT molecular complexity index is 2430. The lowest BCUT2D eigenvalue weighted by atomic mass is 9.82. The number of nitrogens with one attached hydrogen (secondary N) is 4. The fourth-order valence-corrected chi connectivity index (χ4v) is 10.3. The van der Waals surface area contributed by atoms with Crippen LogP contribution < -0.4 is 31.1 Å². The van der Waals surface area contributed by atoms with Crippen LogP contribution in [-0.4, -0.2) is 137 Å². The fraction of sp³-hybridized carbons (Fsp3) is 0.532. The monoisotopic (exact) mass is 909 g/mol. The van der Waals surface area contributed by atoms with Gasteiger partial charge in [0.2, 0.25) is 23.6 Å². The second-order valence-electron chi connectivity index (χ2n) is 19.5. The highest BCUT2D eigenvalue weighted by Crippen LogP contribution is 2.36. The van der Waals surface area contributed by atoms with Gasteiger partial charge in [-0.3, -0.25) is 43.9 Å². The molecule has 6 aliphatic heterocycles. The van der Waals surface area contributed by atoms with Crippen LogP contribution in [0, 0.1) is 23.0 Å². The van der Waals surface area contributed by atoms with E-state index in [1.54, 1.807) is 21.9 Å². The summed E-state index contributed by atoms with van der Waals surface area (Å²) in [6, 6.07) is 8.13. The quantitative estimate of drug-likeness (QED) is 0.205. The van der Waals surface area contributed by atoms with Gasteiger partial charge in [-0.25, -0.2) is 18.7 Å². The molecule has 9 rings (SSSR count). The smallest absolute Gasteiger partial charge is 0.264 e. The minimum absolute atomic E-state index is 0.0222. The van der Waals surface area contributed by atoms with Crippen molar-refractivity contribution in [2.45, 2.75) is 83.3 Å². The summed E-state index contributed by atoms with van der Waals surface area (Å²) in [7, 11) is 0. The maximum Gasteiger partial charge on any atom is 0.264 e. The molecule has 7 heterocycles. The second-order valence-corrected chi connectivity index (χ2v) is 19.5. The number of fused-ring (bicyclic) bond motifs is 1. The number of hydrogen-bond acceptors (Lipinski definition) is 13. The van der Waals surface area contributed by atoms with Crippen molar-refractivity contribution >= 4 is 58.5 Å². The molecule has 6 amide bonds. The van der Waals surface area contributed by atoms with Crippen LogP contribution >= 0.6 is 0 Å². The minimum atomic E-state index is -1.08. The Morgan fingerprint density at radius 1 is 0.833 bits per heavy atom. The van der Waals surface area contributed by atoms with E-state index in [1.807, 2.05) is 6.07 Å². The summed E-state index contributed by atoms with van der Waals surface area (Å²) in [5.74, 6) is -2.03. The predicted molar refractivity (Wildman–Crippen MR) is 241 cm³/mol. The first-order chi connectivity index (χ1) is 31.6. The summed E-state index contributed by atoms with van der Waals surface area (Å²) in [5.41, 5.74) is 0.673. The number of nitrogens with zero attached hydrogens (tertiary/aromatic N) is 7. The lowest BCUT2D eigenvalue weighted by molar-refractivity contribution is -0.136. The molecular weight excluding hydrogens is 853 g/mol. The fourth-order valence-electron chi connectivity index (χ4n) is 10.3. The Morgan fingerprint density at radius 2 is 1.59 bits per heavy atom. The molecule has 66 heavy (non-hydrogen) atoms. The summed E-state index contributed by atoms with van der Waals surface area (Å²) in [4.78, 5) is 94.8. The van der Waals surface area contributed by atoms with Crippen molar-refractivity contribution in [1.82, 2.24) is 35.3 Å². The number of likely N-dealkylation sites (tertiary alicyclic amines) is 2. The number of piperidine rings is 4. The normalized spacial score (nSPS) is 22.4. The summed E-state index contributed by atoms with van der Waals surface area (Å²) in [6.07, 6.45) is 6.33. The van der Waals surface area contributed by atoms with E-state index in [-0.39, 0.29) is 65.9 Å². The minimum Gasteiger partial charge on any atom is -0.375 e. The summed E-state index contributed by atoms with van der Waals surface area (Å²) in [6.45, 7) is 9.67. The molecule has 5 saturated heterocycles. The number of aromatic nitrogens is 2. The summed E-state index contributed by atoms with van der Waals surface area (Å²) in [5, 5.41) is 11.9. The molecule has 19 heteroatoms. The van der Waals surface area contributed by atoms with Crippen molar-refractivity contribution in [3.05, 3.63) is 71.1 Å². The topological polar surface area (TPSA) is 193 Å². The van der Waals surface area contributed by atoms with E-state index >= 15 is 8.78 Å². The first-order valence-electron chi connectivity index (χ1n) is 23.1. The Balaban J connectivity index is 0.733. The van der Waals surface area contributed by atoms with Crippen molar-refractivity contribution in [3.63, 3.8) is 0 Å². The number of halogens is 2. The number of benzene rings is 2. The van der Waals surface area contributed by atoms with E-state index in [1.165, 1.54) is 24.5 Å². The van der Waals surface area contributed by atoms with Gasteiger partial charge in [-0.2, -0.15) is 0 Å². The molecule has 0 saturated carbocycles. The Hall–Kier alpha value is -6.24. The number of carbonyl (C=O) groups is 6. The first kappa shape index (κ1) is 44.9. The largest absolute Gasteiger partial charge is 0.375 e. The molecule has 17 nitrogen and oxygen atoms in total. The number of hydrogen-bond donors (Lipinski definition) is 4. The van der Waals surface area contributed by atoms with Gasteiger partial charge in [-0.1, -0.05) is 19.9 Å². The van der Waals surface area contributed by atoms with Crippen molar-refractivity contribution in [3.8, 4) is 0 Å². The van der Waals surface area contributed by atoms with Gasteiger partial charge in [0.25, 0.3) is 11.8 Å².